The quantitative estimate of drug-likeness (QED) is 0.226. The number of piperidine rings is 1. The topological polar surface area (TPSA) is 101 Å². The molecule has 4 aromatic rings. The normalized spacial score (nSPS) is 19.8. The third-order valence-electron chi connectivity index (χ3n) is 8.63. The standard InChI is InChI=1S/C33H33ClF2N4O4/c1-3-21(41)17-40-29(37-27-9-10-28(32(42)43)38-31(27)40)18-39-13-11-19(12-14-39)22-5-4-6-23-26(36)16-33(2,44-30(22)23)24-8-7-20(34)15-25(24)35/h4-10,15-16,19,21,41H,3,11-14,17-18H2,1-2H3,(H,42,43)/t21-,33+/m0/s1. The first-order valence-electron chi connectivity index (χ1n) is 14.7. The van der Waals surface area contributed by atoms with Gasteiger partial charge in [0.25, 0.3) is 0 Å². The van der Waals surface area contributed by atoms with Crippen molar-refractivity contribution < 1.29 is 28.5 Å². The number of pyridine rings is 1. The van der Waals surface area contributed by atoms with E-state index >= 15 is 4.39 Å². The molecular weight excluding hydrogens is 590 g/mol. The lowest BCUT2D eigenvalue weighted by atomic mass is 9.85. The van der Waals surface area contributed by atoms with Gasteiger partial charge in [-0.3, -0.25) is 4.90 Å². The zero-order valence-corrected chi connectivity index (χ0v) is 25.2. The van der Waals surface area contributed by atoms with Crippen LogP contribution in [0.3, 0.4) is 0 Å². The average Bonchev–Trinajstić information content (AvgIpc) is 3.32. The molecule has 1 saturated heterocycles. The van der Waals surface area contributed by atoms with E-state index in [2.05, 4.69) is 9.88 Å². The van der Waals surface area contributed by atoms with E-state index in [1.165, 1.54) is 24.3 Å². The largest absolute Gasteiger partial charge is 0.477 e. The number of carbonyl (C=O) groups is 1. The van der Waals surface area contributed by atoms with Crippen LogP contribution in [0.4, 0.5) is 8.78 Å². The Kier molecular flexibility index (Phi) is 8.17. The fraction of sp³-hybridized carbons (Fsp3) is 0.364. The van der Waals surface area contributed by atoms with E-state index < -0.39 is 29.3 Å². The predicted molar refractivity (Wildman–Crippen MR) is 163 cm³/mol. The summed E-state index contributed by atoms with van der Waals surface area (Å²) < 4.78 is 38.7. The van der Waals surface area contributed by atoms with Gasteiger partial charge < -0.3 is 19.5 Å². The summed E-state index contributed by atoms with van der Waals surface area (Å²) in [6, 6.07) is 12.8. The van der Waals surface area contributed by atoms with Crippen molar-refractivity contribution in [1.29, 1.82) is 0 Å². The smallest absolute Gasteiger partial charge is 0.354 e. The van der Waals surface area contributed by atoms with E-state index in [0.29, 0.717) is 41.3 Å². The molecule has 0 unspecified atom stereocenters. The van der Waals surface area contributed by atoms with E-state index in [1.807, 2.05) is 23.6 Å². The van der Waals surface area contributed by atoms with Crippen LogP contribution in [-0.4, -0.2) is 54.8 Å². The molecule has 0 aliphatic carbocycles. The molecule has 0 spiro atoms. The number of hydrogen-bond donors (Lipinski definition) is 2. The first-order chi connectivity index (χ1) is 21.1. The molecule has 11 heteroatoms. The van der Waals surface area contributed by atoms with E-state index in [1.54, 1.807) is 25.1 Å². The minimum absolute atomic E-state index is 0.0772. The fourth-order valence-corrected chi connectivity index (χ4v) is 6.35. The number of rotatable bonds is 8. The van der Waals surface area contributed by atoms with Gasteiger partial charge in [0.2, 0.25) is 0 Å². The van der Waals surface area contributed by atoms with Crippen molar-refractivity contribution in [3.05, 3.63) is 93.7 Å². The Labute approximate surface area is 258 Å². The lowest BCUT2D eigenvalue weighted by molar-refractivity contribution is 0.0690. The Bertz CT molecular complexity index is 1770. The molecule has 0 radical (unpaired) electrons. The van der Waals surface area contributed by atoms with Crippen LogP contribution in [0.1, 0.15) is 72.0 Å². The lowest BCUT2D eigenvalue weighted by Crippen LogP contribution is -2.35. The predicted octanol–water partition coefficient (Wildman–Crippen LogP) is 6.69. The van der Waals surface area contributed by atoms with E-state index in [4.69, 9.17) is 21.3 Å². The van der Waals surface area contributed by atoms with Gasteiger partial charge >= 0.3 is 5.97 Å². The maximum atomic E-state index is 15.5. The highest BCUT2D eigenvalue weighted by atomic mass is 35.5. The minimum Gasteiger partial charge on any atom is -0.477 e. The highest BCUT2D eigenvalue weighted by Crippen LogP contribution is 2.47. The van der Waals surface area contributed by atoms with Gasteiger partial charge in [0, 0.05) is 10.6 Å². The Hall–Kier alpha value is -3.86. The number of benzene rings is 2. The minimum atomic E-state index is -1.35. The number of carboxylic acids is 1. The fourth-order valence-electron chi connectivity index (χ4n) is 6.19. The summed E-state index contributed by atoms with van der Waals surface area (Å²) in [6.07, 6.45) is 2.76. The summed E-state index contributed by atoms with van der Waals surface area (Å²) in [7, 11) is 0. The zero-order valence-electron chi connectivity index (χ0n) is 24.4. The number of aromatic nitrogens is 3. The molecule has 2 N–H and O–H groups in total. The third kappa shape index (κ3) is 5.69. The molecule has 230 valence electrons. The number of para-hydroxylation sites is 1. The molecule has 2 aliphatic heterocycles. The van der Waals surface area contributed by atoms with Crippen LogP contribution >= 0.6 is 11.6 Å². The summed E-state index contributed by atoms with van der Waals surface area (Å²) in [5, 5.41) is 20.1. The van der Waals surface area contributed by atoms with Crippen molar-refractivity contribution in [2.75, 3.05) is 13.1 Å². The average molecular weight is 623 g/mol. The number of fused-ring (bicyclic) bond motifs is 2. The lowest BCUT2D eigenvalue weighted by Gasteiger charge is -2.37. The van der Waals surface area contributed by atoms with Gasteiger partial charge in [-0.15, -0.1) is 0 Å². The number of likely N-dealkylation sites (tertiary alicyclic amines) is 1. The molecule has 1 fully saturated rings. The Balaban J connectivity index is 1.23. The van der Waals surface area contributed by atoms with E-state index in [9.17, 15) is 19.4 Å². The first kappa shape index (κ1) is 30.2. The van der Waals surface area contributed by atoms with Gasteiger partial charge in [-0.1, -0.05) is 36.7 Å². The number of aromatic carboxylic acids is 1. The third-order valence-corrected chi connectivity index (χ3v) is 8.87. The van der Waals surface area contributed by atoms with Crippen LogP contribution in [-0.2, 0) is 18.7 Å². The van der Waals surface area contributed by atoms with Gasteiger partial charge in [0.05, 0.1) is 24.8 Å². The summed E-state index contributed by atoms with van der Waals surface area (Å²) in [6.45, 7) is 5.74. The first-order valence-corrected chi connectivity index (χ1v) is 15.1. The van der Waals surface area contributed by atoms with Crippen molar-refractivity contribution in [2.24, 2.45) is 0 Å². The summed E-state index contributed by atoms with van der Waals surface area (Å²) in [5.41, 5.74) is 1.03. The second kappa shape index (κ2) is 11.9. The molecule has 4 heterocycles. The van der Waals surface area contributed by atoms with Crippen LogP contribution in [0, 0.1) is 5.82 Å². The molecule has 0 saturated carbocycles. The Morgan fingerprint density at radius 3 is 2.64 bits per heavy atom. The van der Waals surface area contributed by atoms with Crippen LogP contribution in [0.25, 0.3) is 17.0 Å². The van der Waals surface area contributed by atoms with Gasteiger partial charge in [0.15, 0.2) is 16.9 Å². The summed E-state index contributed by atoms with van der Waals surface area (Å²) in [4.78, 5) is 22.9. The number of imidazole rings is 1. The van der Waals surface area contributed by atoms with Crippen LogP contribution in [0.15, 0.2) is 54.6 Å². The molecule has 2 aliphatic rings. The molecule has 2 aromatic heterocycles. The van der Waals surface area contributed by atoms with Crippen molar-refractivity contribution in [2.45, 2.75) is 63.8 Å². The highest BCUT2D eigenvalue weighted by molar-refractivity contribution is 6.30. The molecule has 0 bridgehead atoms. The Morgan fingerprint density at radius 2 is 1.93 bits per heavy atom. The zero-order chi connectivity index (χ0) is 31.2. The number of aliphatic hydroxyl groups excluding tert-OH is 1. The van der Waals surface area contributed by atoms with Gasteiger partial charge in [-0.05, 0) is 87.2 Å². The maximum Gasteiger partial charge on any atom is 0.354 e. The van der Waals surface area contributed by atoms with Crippen LogP contribution < -0.4 is 4.74 Å². The van der Waals surface area contributed by atoms with Crippen molar-refractivity contribution in [3.8, 4) is 5.75 Å². The number of nitrogens with zero attached hydrogens (tertiary/aromatic N) is 4. The van der Waals surface area contributed by atoms with Crippen LogP contribution in [0.5, 0.6) is 5.75 Å². The summed E-state index contributed by atoms with van der Waals surface area (Å²) in [5.74, 6) is -0.930. The molecule has 2 atom stereocenters. The van der Waals surface area contributed by atoms with Gasteiger partial charge in [0.1, 0.15) is 28.7 Å². The van der Waals surface area contributed by atoms with Crippen LogP contribution in [0.2, 0.25) is 5.02 Å². The molecular formula is C33H33ClF2N4O4. The summed E-state index contributed by atoms with van der Waals surface area (Å²) >= 11 is 5.96. The SMILES string of the molecule is CC[C@H](O)Cn1c(CN2CCC(c3cccc4c3O[C@@](C)(c3ccc(Cl)cc3F)C=C4F)CC2)nc2ccc(C(=O)O)nc21. The number of halogens is 3. The van der Waals surface area contributed by atoms with E-state index in [-0.39, 0.29) is 28.7 Å². The van der Waals surface area contributed by atoms with Gasteiger partial charge in [-0.2, -0.15) is 0 Å². The monoisotopic (exact) mass is 622 g/mol. The molecule has 8 nitrogen and oxygen atoms in total. The number of aliphatic hydroxyl groups is 1. The highest BCUT2D eigenvalue weighted by Gasteiger charge is 2.38. The second-order valence-electron chi connectivity index (χ2n) is 11.6. The van der Waals surface area contributed by atoms with E-state index in [0.717, 1.165) is 31.5 Å². The van der Waals surface area contributed by atoms with Crippen molar-refractivity contribution in [1.82, 2.24) is 19.4 Å². The maximum absolute atomic E-state index is 15.5. The molecule has 0 amide bonds. The number of ether oxygens (including phenoxy) is 1. The Morgan fingerprint density at radius 1 is 1.16 bits per heavy atom. The second-order valence-corrected chi connectivity index (χ2v) is 12.1. The number of carboxylic acid groups (broad SMARTS) is 1. The van der Waals surface area contributed by atoms with Crippen molar-refractivity contribution in [3.63, 3.8) is 0 Å². The molecule has 44 heavy (non-hydrogen) atoms. The van der Waals surface area contributed by atoms with Gasteiger partial charge in [-0.25, -0.2) is 23.5 Å². The molecule has 6 rings (SSSR count). The molecule has 2 aromatic carbocycles. The van der Waals surface area contributed by atoms with Crippen molar-refractivity contribution >= 4 is 34.6 Å². The number of hydrogen-bond acceptors (Lipinski definition) is 6.